The molecule has 29 heavy (non-hydrogen) atoms. The lowest BCUT2D eigenvalue weighted by molar-refractivity contribution is 0.0936. The molecule has 0 bridgehead atoms. The molecule has 2 aromatic carbocycles. The number of halogens is 1. The van der Waals surface area contributed by atoms with Gasteiger partial charge in [-0.2, -0.15) is 0 Å². The van der Waals surface area contributed by atoms with E-state index in [4.69, 9.17) is 19.2 Å². The molecule has 0 saturated heterocycles. The molecule has 1 heterocycles. The second-order valence-electron chi connectivity index (χ2n) is 6.74. The lowest BCUT2D eigenvalue weighted by atomic mass is 10.0. The molecular weight excluding hydrogens is 481 g/mol. The Kier molecular flexibility index (Phi) is 9.37. The third kappa shape index (κ3) is 6.42. The van der Waals surface area contributed by atoms with Gasteiger partial charge in [0.2, 0.25) is 0 Å². The highest BCUT2D eigenvalue weighted by Gasteiger charge is 2.20. The fraction of sp³-hybridized carbons (Fsp3) is 0.409. The normalized spacial score (nSPS) is 16.4. The SMILES string of the molecule is CCNC(=NCC(C)c1ccccc1OC)NCC1COc2ccccc2O1.I. The van der Waals surface area contributed by atoms with Gasteiger partial charge < -0.3 is 24.8 Å². The topological polar surface area (TPSA) is 64.1 Å². The second kappa shape index (κ2) is 11.7. The van der Waals surface area contributed by atoms with Crippen molar-refractivity contribution in [3.63, 3.8) is 0 Å². The molecule has 0 saturated carbocycles. The van der Waals surface area contributed by atoms with Crippen molar-refractivity contribution in [1.29, 1.82) is 0 Å². The zero-order valence-corrected chi connectivity index (χ0v) is 19.5. The molecule has 0 radical (unpaired) electrons. The van der Waals surface area contributed by atoms with Crippen molar-refractivity contribution < 1.29 is 14.2 Å². The number of ether oxygens (including phenoxy) is 3. The Balaban J connectivity index is 0.00000300. The van der Waals surface area contributed by atoms with Gasteiger partial charge in [0.05, 0.1) is 13.7 Å². The molecule has 7 heteroatoms. The van der Waals surface area contributed by atoms with Crippen molar-refractivity contribution in [2.75, 3.05) is 33.4 Å². The van der Waals surface area contributed by atoms with Gasteiger partial charge in [-0.3, -0.25) is 4.99 Å². The first-order valence-corrected chi connectivity index (χ1v) is 9.74. The van der Waals surface area contributed by atoms with Crippen LogP contribution in [-0.4, -0.2) is 45.4 Å². The smallest absolute Gasteiger partial charge is 0.191 e. The van der Waals surface area contributed by atoms with Crippen LogP contribution in [0.15, 0.2) is 53.5 Å². The number of hydrogen-bond donors (Lipinski definition) is 2. The van der Waals surface area contributed by atoms with E-state index in [0.717, 1.165) is 35.3 Å². The number of para-hydroxylation sites is 3. The Morgan fingerprint density at radius 3 is 2.62 bits per heavy atom. The summed E-state index contributed by atoms with van der Waals surface area (Å²) in [5, 5.41) is 6.65. The molecule has 0 aliphatic carbocycles. The number of nitrogens with one attached hydrogen (secondary N) is 2. The molecule has 1 aliphatic heterocycles. The van der Waals surface area contributed by atoms with E-state index in [-0.39, 0.29) is 36.0 Å². The van der Waals surface area contributed by atoms with Crippen LogP contribution in [0, 0.1) is 0 Å². The van der Waals surface area contributed by atoms with Crippen LogP contribution in [0.5, 0.6) is 17.2 Å². The van der Waals surface area contributed by atoms with Gasteiger partial charge in [-0.05, 0) is 30.7 Å². The maximum absolute atomic E-state index is 6.00. The monoisotopic (exact) mass is 511 g/mol. The molecule has 2 atom stereocenters. The predicted octanol–water partition coefficient (Wildman–Crippen LogP) is 3.81. The van der Waals surface area contributed by atoms with Crippen LogP contribution in [0.25, 0.3) is 0 Å². The van der Waals surface area contributed by atoms with Gasteiger partial charge >= 0.3 is 0 Å². The van der Waals surface area contributed by atoms with E-state index in [1.807, 2.05) is 42.5 Å². The third-order valence-electron chi connectivity index (χ3n) is 4.60. The van der Waals surface area contributed by atoms with E-state index in [2.05, 4.69) is 30.5 Å². The van der Waals surface area contributed by atoms with E-state index < -0.39 is 0 Å². The Labute approximate surface area is 190 Å². The summed E-state index contributed by atoms with van der Waals surface area (Å²) in [6, 6.07) is 15.8. The minimum atomic E-state index is -0.0644. The minimum absolute atomic E-state index is 0. The van der Waals surface area contributed by atoms with Gasteiger partial charge in [0.25, 0.3) is 0 Å². The highest BCUT2D eigenvalue weighted by Crippen LogP contribution is 2.30. The number of methoxy groups -OCH3 is 1. The molecule has 1 aliphatic rings. The molecular formula is C22H30IN3O3. The number of hydrogen-bond acceptors (Lipinski definition) is 4. The van der Waals surface area contributed by atoms with Crippen molar-refractivity contribution in [3.05, 3.63) is 54.1 Å². The zero-order valence-electron chi connectivity index (χ0n) is 17.2. The molecule has 0 amide bonds. The van der Waals surface area contributed by atoms with Gasteiger partial charge in [-0.1, -0.05) is 37.3 Å². The van der Waals surface area contributed by atoms with Crippen LogP contribution in [0.3, 0.4) is 0 Å². The molecule has 2 N–H and O–H groups in total. The summed E-state index contributed by atoms with van der Waals surface area (Å²) < 4.78 is 17.2. The molecule has 2 aromatic rings. The zero-order chi connectivity index (χ0) is 19.8. The fourth-order valence-electron chi connectivity index (χ4n) is 3.12. The van der Waals surface area contributed by atoms with Crippen LogP contribution >= 0.6 is 24.0 Å². The maximum atomic E-state index is 6.00. The van der Waals surface area contributed by atoms with E-state index in [9.17, 15) is 0 Å². The van der Waals surface area contributed by atoms with Crippen LogP contribution in [0.4, 0.5) is 0 Å². The molecule has 3 rings (SSSR count). The average Bonchev–Trinajstić information content (AvgIpc) is 2.75. The number of fused-ring (bicyclic) bond motifs is 1. The van der Waals surface area contributed by atoms with Crippen molar-refractivity contribution in [2.45, 2.75) is 25.9 Å². The number of aliphatic imine (C=N–C) groups is 1. The second-order valence-corrected chi connectivity index (χ2v) is 6.74. The lowest BCUT2D eigenvalue weighted by Gasteiger charge is -2.27. The van der Waals surface area contributed by atoms with Crippen LogP contribution in [0.2, 0.25) is 0 Å². The number of benzene rings is 2. The summed E-state index contributed by atoms with van der Waals surface area (Å²) in [5.74, 6) is 3.49. The first-order valence-electron chi connectivity index (χ1n) is 9.74. The van der Waals surface area contributed by atoms with Crippen LogP contribution in [-0.2, 0) is 0 Å². The number of guanidine groups is 1. The largest absolute Gasteiger partial charge is 0.496 e. The third-order valence-corrected chi connectivity index (χ3v) is 4.60. The molecule has 2 unspecified atom stereocenters. The first kappa shape index (κ1) is 23.1. The lowest BCUT2D eigenvalue weighted by Crippen LogP contribution is -2.45. The number of rotatable bonds is 7. The maximum Gasteiger partial charge on any atom is 0.191 e. The van der Waals surface area contributed by atoms with Crippen molar-refractivity contribution in [1.82, 2.24) is 10.6 Å². The van der Waals surface area contributed by atoms with Gasteiger partial charge in [0.1, 0.15) is 18.5 Å². The Bertz CT molecular complexity index is 800. The quantitative estimate of drug-likeness (QED) is 0.337. The van der Waals surface area contributed by atoms with Gasteiger partial charge in [-0.15, -0.1) is 24.0 Å². The Morgan fingerprint density at radius 1 is 1.14 bits per heavy atom. The van der Waals surface area contributed by atoms with Gasteiger partial charge in [0.15, 0.2) is 17.5 Å². The predicted molar refractivity (Wildman–Crippen MR) is 127 cm³/mol. The van der Waals surface area contributed by atoms with Crippen LogP contribution in [0.1, 0.15) is 25.3 Å². The summed E-state index contributed by atoms with van der Waals surface area (Å²) in [4.78, 5) is 4.74. The average molecular weight is 511 g/mol. The molecule has 0 spiro atoms. The number of nitrogens with zero attached hydrogens (tertiary/aromatic N) is 1. The highest BCUT2D eigenvalue weighted by atomic mass is 127. The van der Waals surface area contributed by atoms with E-state index in [1.165, 1.54) is 0 Å². The summed E-state index contributed by atoms with van der Waals surface area (Å²) in [6.45, 7) is 6.78. The first-order chi connectivity index (χ1) is 13.7. The summed E-state index contributed by atoms with van der Waals surface area (Å²) in [7, 11) is 1.70. The van der Waals surface area contributed by atoms with E-state index in [0.29, 0.717) is 19.7 Å². The molecule has 6 nitrogen and oxygen atoms in total. The van der Waals surface area contributed by atoms with E-state index >= 15 is 0 Å². The summed E-state index contributed by atoms with van der Waals surface area (Å²) in [6.07, 6.45) is -0.0644. The van der Waals surface area contributed by atoms with Crippen LogP contribution < -0.4 is 24.8 Å². The van der Waals surface area contributed by atoms with Gasteiger partial charge in [0, 0.05) is 19.0 Å². The van der Waals surface area contributed by atoms with Crippen molar-refractivity contribution in [2.24, 2.45) is 4.99 Å². The Morgan fingerprint density at radius 2 is 1.86 bits per heavy atom. The Hall–Kier alpha value is -2.16. The summed E-state index contributed by atoms with van der Waals surface area (Å²) in [5.41, 5.74) is 1.16. The van der Waals surface area contributed by atoms with Gasteiger partial charge in [-0.25, -0.2) is 0 Å². The fourth-order valence-corrected chi connectivity index (χ4v) is 3.12. The van der Waals surface area contributed by atoms with Crippen molar-refractivity contribution in [3.8, 4) is 17.2 Å². The molecule has 158 valence electrons. The standard InChI is InChI=1S/C22H29N3O3.HI/c1-4-23-22(24-13-16(2)18-9-5-6-10-19(18)26-3)25-14-17-15-27-20-11-7-8-12-21(20)28-17;/h5-12,16-17H,4,13-15H2,1-3H3,(H2,23,24,25);1H. The molecule has 0 fully saturated rings. The minimum Gasteiger partial charge on any atom is -0.496 e. The molecule has 0 aromatic heterocycles. The highest BCUT2D eigenvalue weighted by molar-refractivity contribution is 14.0. The summed E-state index contributed by atoms with van der Waals surface area (Å²) >= 11 is 0. The van der Waals surface area contributed by atoms with Crippen molar-refractivity contribution >= 4 is 29.9 Å². The van der Waals surface area contributed by atoms with E-state index in [1.54, 1.807) is 7.11 Å².